The van der Waals surface area contributed by atoms with Gasteiger partial charge in [0.2, 0.25) is 0 Å². The van der Waals surface area contributed by atoms with Gasteiger partial charge in [-0.3, -0.25) is 4.79 Å². The van der Waals surface area contributed by atoms with Crippen LogP contribution in [-0.2, 0) is 11.2 Å². The lowest BCUT2D eigenvalue weighted by Gasteiger charge is -2.39. The molecule has 1 aromatic rings. The summed E-state index contributed by atoms with van der Waals surface area (Å²) in [6.45, 7) is -0.861. The summed E-state index contributed by atoms with van der Waals surface area (Å²) in [4.78, 5) is 11.2. The van der Waals surface area contributed by atoms with E-state index in [-0.39, 0.29) is 12.8 Å². The van der Waals surface area contributed by atoms with Crippen molar-refractivity contribution in [3.63, 3.8) is 0 Å². The topological polar surface area (TPSA) is 29.1 Å². The Balaban J connectivity index is 3.03. The fraction of sp³-hybridized carbons (Fsp3) is 0.562. The van der Waals surface area contributed by atoms with E-state index in [2.05, 4.69) is 0 Å². The van der Waals surface area contributed by atoms with Gasteiger partial charge >= 0.3 is 35.8 Å². The zero-order chi connectivity index (χ0) is 24.5. The standard InChI is InChI=1S/C16H12F13NO/c17-11(18,10(31)30-8-4-7-9-5-2-1-3-6-9)12(19,20)13(21,22)14(23,24)15(25,26)16(27,28)29/h1-3,5-6H,4,7-8H2,(H,30,31). The van der Waals surface area contributed by atoms with Gasteiger partial charge in [-0.05, 0) is 18.4 Å². The van der Waals surface area contributed by atoms with Gasteiger partial charge in [0.05, 0.1) is 0 Å². The monoisotopic (exact) mass is 481 g/mol. The Kier molecular flexibility index (Phi) is 7.24. The lowest BCUT2D eigenvalue weighted by atomic mass is 9.93. The van der Waals surface area contributed by atoms with Gasteiger partial charge in [-0.15, -0.1) is 0 Å². The average Bonchev–Trinajstić information content (AvgIpc) is 2.64. The summed E-state index contributed by atoms with van der Waals surface area (Å²) in [6.07, 6.45) is -7.66. The summed E-state index contributed by atoms with van der Waals surface area (Å²) in [5.41, 5.74) is 0.578. The maximum Gasteiger partial charge on any atom is 0.460 e. The van der Waals surface area contributed by atoms with Crippen molar-refractivity contribution in [2.75, 3.05) is 6.54 Å². The molecule has 0 heterocycles. The first kappa shape index (κ1) is 26.8. The quantitative estimate of drug-likeness (QED) is 0.368. The van der Waals surface area contributed by atoms with Gasteiger partial charge in [0.1, 0.15) is 0 Å². The van der Waals surface area contributed by atoms with Gasteiger partial charge in [-0.1, -0.05) is 30.3 Å². The van der Waals surface area contributed by atoms with Gasteiger partial charge in [0.15, 0.2) is 0 Å². The zero-order valence-electron chi connectivity index (χ0n) is 14.8. The second-order valence-electron chi connectivity index (χ2n) is 6.21. The Hall–Kier alpha value is -2.22. The minimum Gasteiger partial charge on any atom is -0.351 e. The molecule has 0 saturated heterocycles. The second kappa shape index (κ2) is 8.37. The van der Waals surface area contributed by atoms with E-state index >= 15 is 0 Å². The number of hydrogen-bond donors (Lipinski definition) is 1. The van der Waals surface area contributed by atoms with Crippen molar-refractivity contribution < 1.29 is 61.9 Å². The van der Waals surface area contributed by atoms with Gasteiger partial charge < -0.3 is 5.32 Å². The summed E-state index contributed by atoms with van der Waals surface area (Å²) >= 11 is 0. The predicted molar refractivity (Wildman–Crippen MR) is 78.6 cm³/mol. The van der Waals surface area contributed by atoms with Gasteiger partial charge in [-0.25, -0.2) is 0 Å². The Bertz CT molecular complexity index is 759. The molecule has 1 aromatic carbocycles. The molecule has 0 bridgehead atoms. The lowest BCUT2D eigenvalue weighted by molar-refractivity contribution is -0.436. The summed E-state index contributed by atoms with van der Waals surface area (Å²) in [5, 5.41) is 1.03. The molecule has 0 aromatic heterocycles. The SMILES string of the molecule is O=C(NCCCc1ccccc1)C(F)(F)C(F)(F)C(F)(F)C(F)(F)C(F)(F)C(F)(F)F. The number of alkyl halides is 13. The molecule has 15 heteroatoms. The molecule has 0 aliphatic carbocycles. The average molecular weight is 481 g/mol. The molecule has 31 heavy (non-hydrogen) atoms. The van der Waals surface area contributed by atoms with Crippen molar-refractivity contribution in [1.82, 2.24) is 5.32 Å². The molecule has 0 aliphatic heterocycles. The Morgan fingerprint density at radius 1 is 0.677 bits per heavy atom. The molecule has 0 spiro atoms. The highest BCUT2D eigenvalue weighted by Gasteiger charge is 2.91. The minimum atomic E-state index is -8.03. The number of carbonyl (C=O) groups is 1. The normalized spacial score (nSPS) is 14.5. The van der Waals surface area contributed by atoms with Crippen LogP contribution < -0.4 is 5.32 Å². The summed E-state index contributed by atoms with van der Waals surface area (Å²) in [6, 6.07) is 7.79. The van der Waals surface area contributed by atoms with Crippen LogP contribution in [0.4, 0.5) is 57.1 Å². The summed E-state index contributed by atoms with van der Waals surface area (Å²) in [7, 11) is 0. The van der Waals surface area contributed by atoms with Crippen LogP contribution in [-0.4, -0.2) is 48.2 Å². The van der Waals surface area contributed by atoms with Gasteiger partial charge in [0, 0.05) is 6.54 Å². The van der Waals surface area contributed by atoms with Gasteiger partial charge in [0.25, 0.3) is 5.91 Å². The molecule has 0 radical (unpaired) electrons. The highest BCUT2D eigenvalue weighted by atomic mass is 19.4. The molecular formula is C16H12F13NO. The largest absolute Gasteiger partial charge is 0.460 e. The molecule has 1 N–H and O–H groups in total. The number of aryl methyl sites for hydroxylation is 1. The van der Waals surface area contributed by atoms with Crippen molar-refractivity contribution in [2.24, 2.45) is 0 Å². The first-order valence-electron chi connectivity index (χ1n) is 8.03. The Labute approximate surface area is 165 Å². The number of carbonyl (C=O) groups excluding carboxylic acids is 1. The second-order valence-corrected chi connectivity index (χ2v) is 6.21. The summed E-state index contributed by atoms with van der Waals surface area (Å²) < 4.78 is 168. The van der Waals surface area contributed by atoms with Crippen LogP contribution in [0.5, 0.6) is 0 Å². The van der Waals surface area contributed by atoms with Crippen molar-refractivity contribution in [1.29, 1.82) is 0 Å². The van der Waals surface area contributed by atoms with Crippen molar-refractivity contribution in [3.8, 4) is 0 Å². The van der Waals surface area contributed by atoms with Crippen LogP contribution in [0.3, 0.4) is 0 Å². The molecule has 2 nitrogen and oxygen atoms in total. The number of rotatable bonds is 9. The first-order chi connectivity index (χ1) is 13.7. The van der Waals surface area contributed by atoms with Crippen LogP contribution >= 0.6 is 0 Å². The molecule has 0 saturated carbocycles. The number of halogens is 13. The van der Waals surface area contributed by atoms with E-state index < -0.39 is 48.2 Å². The highest BCUT2D eigenvalue weighted by molar-refractivity contribution is 5.84. The van der Waals surface area contributed by atoms with Crippen molar-refractivity contribution in [2.45, 2.75) is 48.6 Å². The number of amides is 1. The fourth-order valence-corrected chi connectivity index (χ4v) is 2.16. The van der Waals surface area contributed by atoms with Crippen molar-refractivity contribution in [3.05, 3.63) is 35.9 Å². The maximum absolute atomic E-state index is 13.6. The molecule has 0 aliphatic rings. The van der Waals surface area contributed by atoms with E-state index in [9.17, 15) is 61.9 Å². The van der Waals surface area contributed by atoms with E-state index in [1.165, 1.54) is 12.1 Å². The predicted octanol–water partition coefficient (Wildman–Crippen LogP) is 5.47. The Morgan fingerprint density at radius 2 is 1.13 bits per heavy atom. The third-order valence-electron chi connectivity index (χ3n) is 3.99. The van der Waals surface area contributed by atoms with Crippen LogP contribution in [0.25, 0.3) is 0 Å². The lowest BCUT2D eigenvalue weighted by Crippen LogP contribution is -2.72. The van der Waals surface area contributed by atoms with Crippen LogP contribution in [0.2, 0.25) is 0 Å². The summed E-state index contributed by atoms with van der Waals surface area (Å²) in [5.74, 6) is -41.5. The van der Waals surface area contributed by atoms with Crippen molar-refractivity contribution >= 4 is 5.91 Å². The molecule has 1 rings (SSSR count). The highest BCUT2D eigenvalue weighted by Crippen LogP contribution is 2.60. The number of hydrogen-bond acceptors (Lipinski definition) is 1. The first-order valence-corrected chi connectivity index (χ1v) is 8.03. The maximum atomic E-state index is 13.6. The van der Waals surface area contributed by atoms with E-state index in [0.717, 1.165) is 5.32 Å². The van der Waals surface area contributed by atoms with Crippen LogP contribution in [0, 0.1) is 0 Å². The third-order valence-corrected chi connectivity index (χ3v) is 3.99. The zero-order valence-corrected chi connectivity index (χ0v) is 14.8. The Morgan fingerprint density at radius 3 is 1.58 bits per heavy atom. The molecule has 0 fully saturated rings. The minimum absolute atomic E-state index is 0.0646. The smallest absolute Gasteiger partial charge is 0.351 e. The number of benzene rings is 1. The third kappa shape index (κ3) is 4.54. The van der Waals surface area contributed by atoms with Crippen LogP contribution in [0.15, 0.2) is 30.3 Å². The number of nitrogens with one attached hydrogen (secondary N) is 1. The van der Waals surface area contributed by atoms with E-state index in [1.807, 2.05) is 0 Å². The molecule has 178 valence electrons. The molecular weight excluding hydrogens is 469 g/mol. The molecule has 0 atom stereocenters. The van der Waals surface area contributed by atoms with E-state index in [0.29, 0.717) is 5.56 Å². The van der Waals surface area contributed by atoms with E-state index in [4.69, 9.17) is 0 Å². The fourth-order valence-electron chi connectivity index (χ4n) is 2.16. The molecule has 1 amide bonds. The van der Waals surface area contributed by atoms with Crippen LogP contribution in [0.1, 0.15) is 12.0 Å². The van der Waals surface area contributed by atoms with Gasteiger partial charge in [-0.2, -0.15) is 57.1 Å². The van der Waals surface area contributed by atoms with E-state index in [1.54, 1.807) is 18.2 Å². The molecule has 0 unspecified atom stereocenters.